The summed E-state index contributed by atoms with van der Waals surface area (Å²) in [5, 5.41) is 13.7. The van der Waals surface area contributed by atoms with E-state index in [1.54, 1.807) is 29.3 Å². The average molecular weight is 199 g/mol. The van der Waals surface area contributed by atoms with E-state index < -0.39 is 0 Å². The van der Waals surface area contributed by atoms with Gasteiger partial charge in [0.05, 0.1) is 0 Å². The molecule has 0 atom stereocenters. The van der Waals surface area contributed by atoms with E-state index >= 15 is 0 Å². The first-order valence-corrected chi connectivity index (χ1v) is 4.85. The van der Waals surface area contributed by atoms with Gasteiger partial charge in [-0.05, 0) is 22.2 Å². The Bertz CT molecular complexity index is 354. The van der Waals surface area contributed by atoms with Crippen LogP contribution in [0.15, 0.2) is 21.1 Å². The Labute approximate surface area is 76.8 Å². The number of hydrogen-bond donors (Lipinski definition) is 0. The van der Waals surface area contributed by atoms with Crippen LogP contribution in [0.1, 0.15) is 0 Å². The first-order valence-electron chi connectivity index (χ1n) is 3.16. The molecule has 0 saturated heterocycles. The van der Waals surface area contributed by atoms with Gasteiger partial charge in [-0.3, -0.25) is 0 Å². The lowest BCUT2D eigenvalue weighted by molar-refractivity contribution is 0.664. The van der Waals surface area contributed by atoms with Crippen LogP contribution in [0.4, 0.5) is 0 Å². The van der Waals surface area contributed by atoms with E-state index in [0.29, 0.717) is 0 Å². The monoisotopic (exact) mass is 199 g/mol. The van der Waals surface area contributed by atoms with Crippen LogP contribution in [0, 0.1) is 0 Å². The van der Waals surface area contributed by atoms with E-state index in [9.17, 15) is 0 Å². The Balaban J connectivity index is 2.20. The smallest absolute Gasteiger partial charge is 0.216 e. The number of nitrogens with zero attached hydrogens (tertiary/aromatic N) is 5. The van der Waals surface area contributed by atoms with Crippen molar-refractivity contribution in [1.29, 1.82) is 0 Å². The van der Waals surface area contributed by atoms with Crippen LogP contribution in [0.3, 0.4) is 0 Å². The zero-order valence-corrected chi connectivity index (χ0v) is 7.84. The molecule has 0 aromatic carbocycles. The standard InChI is InChI=1S/C5H5N5S2/c1-10-4(7-8-9-10)12-5-6-2-3-11-5/h2-3H,1H3. The molecule has 2 aromatic heterocycles. The van der Waals surface area contributed by atoms with Gasteiger partial charge in [-0.25, -0.2) is 9.67 Å². The third-order valence-corrected chi connectivity index (χ3v) is 3.08. The van der Waals surface area contributed by atoms with Crippen LogP contribution >= 0.6 is 23.1 Å². The average Bonchev–Trinajstić information content (AvgIpc) is 2.65. The number of aryl methyl sites for hydroxylation is 1. The maximum Gasteiger partial charge on any atom is 0.216 e. The fraction of sp³-hybridized carbons (Fsp3) is 0.200. The Morgan fingerprint density at radius 3 is 3.08 bits per heavy atom. The quantitative estimate of drug-likeness (QED) is 0.716. The molecule has 0 unspecified atom stereocenters. The van der Waals surface area contributed by atoms with E-state index in [4.69, 9.17) is 0 Å². The van der Waals surface area contributed by atoms with Crippen LogP contribution in [-0.4, -0.2) is 25.2 Å². The highest BCUT2D eigenvalue weighted by Gasteiger charge is 2.05. The molecule has 0 aliphatic carbocycles. The Kier molecular flexibility index (Phi) is 2.05. The minimum absolute atomic E-state index is 0.755. The second-order valence-corrected chi connectivity index (χ2v) is 4.09. The highest BCUT2D eigenvalue weighted by Crippen LogP contribution is 2.25. The van der Waals surface area contributed by atoms with Gasteiger partial charge in [-0.1, -0.05) is 0 Å². The van der Waals surface area contributed by atoms with Crippen molar-refractivity contribution in [1.82, 2.24) is 25.2 Å². The Morgan fingerprint density at radius 1 is 1.58 bits per heavy atom. The molecule has 7 heteroatoms. The van der Waals surface area contributed by atoms with Gasteiger partial charge in [0.1, 0.15) is 0 Å². The first-order chi connectivity index (χ1) is 5.86. The summed E-state index contributed by atoms with van der Waals surface area (Å²) in [6.07, 6.45) is 1.76. The van der Waals surface area contributed by atoms with Crippen molar-refractivity contribution in [3.63, 3.8) is 0 Å². The molecule has 0 saturated carbocycles. The van der Waals surface area contributed by atoms with Crippen LogP contribution in [0.5, 0.6) is 0 Å². The van der Waals surface area contributed by atoms with Crippen LogP contribution in [0.25, 0.3) is 0 Å². The topological polar surface area (TPSA) is 56.5 Å². The summed E-state index contributed by atoms with van der Waals surface area (Å²) in [7, 11) is 1.80. The van der Waals surface area contributed by atoms with Crippen molar-refractivity contribution in [2.75, 3.05) is 0 Å². The van der Waals surface area contributed by atoms with Crippen LogP contribution < -0.4 is 0 Å². The molecular formula is C5H5N5S2. The SMILES string of the molecule is Cn1nnnc1Sc1nccs1. The van der Waals surface area contributed by atoms with E-state index in [1.165, 1.54) is 11.8 Å². The fourth-order valence-electron chi connectivity index (χ4n) is 0.647. The first kappa shape index (κ1) is 7.69. The summed E-state index contributed by atoms with van der Waals surface area (Å²) in [5.74, 6) is 0. The molecule has 0 aliphatic heterocycles. The van der Waals surface area contributed by atoms with E-state index in [0.717, 1.165) is 9.50 Å². The summed E-state index contributed by atoms with van der Waals surface area (Å²) >= 11 is 3.03. The highest BCUT2D eigenvalue weighted by atomic mass is 32.2. The minimum atomic E-state index is 0.755. The third-order valence-electron chi connectivity index (χ3n) is 1.17. The molecule has 12 heavy (non-hydrogen) atoms. The van der Waals surface area contributed by atoms with Crippen molar-refractivity contribution < 1.29 is 0 Å². The maximum atomic E-state index is 4.10. The molecule has 0 amide bonds. The van der Waals surface area contributed by atoms with Gasteiger partial charge >= 0.3 is 0 Å². The van der Waals surface area contributed by atoms with Gasteiger partial charge < -0.3 is 0 Å². The molecule has 0 spiro atoms. The third kappa shape index (κ3) is 1.46. The number of thiazole rings is 1. The normalized spacial score (nSPS) is 10.4. The van der Waals surface area contributed by atoms with E-state index in [1.807, 2.05) is 5.38 Å². The summed E-state index contributed by atoms with van der Waals surface area (Å²) in [4.78, 5) is 4.10. The summed E-state index contributed by atoms with van der Waals surface area (Å²) in [5.41, 5.74) is 0. The highest BCUT2D eigenvalue weighted by molar-refractivity contribution is 8.00. The molecule has 0 fully saturated rings. The molecule has 0 radical (unpaired) electrons. The van der Waals surface area contributed by atoms with Gasteiger partial charge in [0.2, 0.25) is 5.16 Å². The molecule has 5 nitrogen and oxygen atoms in total. The molecule has 0 aliphatic rings. The number of hydrogen-bond acceptors (Lipinski definition) is 6. The van der Waals surface area contributed by atoms with E-state index in [-0.39, 0.29) is 0 Å². The Hall–Kier alpha value is -0.950. The maximum absolute atomic E-state index is 4.10. The van der Waals surface area contributed by atoms with Crippen molar-refractivity contribution in [3.05, 3.63) is 11.6 Å². The lowest BCUT2D eigenvalue weighted by Gasteiger charge is -1.91. The zero-order chi connectivity index (χ0) is 8.39. The predicted molar refractivity (Wildman–Crippen MR) is 45.0 cm³/mol. The van der Waals surface area contributed by atoms with Gasteiger partial charge in [0.25, 0.3) is 0 Å². The van der Waals surface area contributed by atoms with Gasteiger partial charge in [-0.2, -0.15) is 0 Å². The Morgan fingerprint density at radius 2 is 2.50 bits per heavy atom. The molecular weight excluding hydrogens is 194 g/mol. The molecule has 2 heterocycles. The van der Waals surface area contributed by atoms with Gasteiger partial charge in [0.15, 0.2) is 4.34 Å². The summed E-state index contributed by atoms with van der Waals surface area (Å²) in [6, 6.07) is 0. The molecule has 62 valence electrons. The van der Waals surface area contributed by atoms with Crippen molar-refractivity contribution in [2.24, 2.45) is 7.05 Å². The van der Waals surface area contributed by atoms with Crippen LogP contribution in [0.2, 0.25) is 0 Å². The van der Waals surface area contributed by atoms with Crippen molar-refractivity contribution >= 4 is 23.1 Å². The molecule has 2 rings (SSSR count). The lowest BCUT2D eigenvalue weighted by Crippen LogP contribution is -1.92. The molecule has 0 bridgehead atoms. The molecule has 2 aromatic rings. The second-order valence-electron chi connectivity index (χ2n) is 1.99. The van der Waals surface area contributed by atoms with Crippen molar-refractivity contribution in [3.8, 4) is 0 Å². The lowest BCUT2D eigenvalue weighted by atomic mass is 11.0. The minimum Gasteiger partial charge on any atom is -0.238 e. The second kappa shape index (κ2) is 3.20. The van der Waals surface area contributed by atoms with Crippen molar-refractivity contribution in [2.45, 2.75) is 9.50 Å². The van der Waals surface area contributed by atoms with Gasteiger partial charge in [-0.15, -0.1) is 16.4 Å². The summed E-state index contributed by atoms with van der Waals surface area (Å²) < 4.78 is 2.57. The number of aromatic nitrogens is 5. The fourth-order valence-corrected chi connectivity index (χ4v) is 2.10. The predicted octanol–water partition coefficient (Wildman–Crippen LogP) is 0.818. The summed E-state index contributed by atoms with van der Waals surface area (Å²) in [6.45, 7) is 0. The zero-order valence-electron chi connectivity index (χ0n) is 6.21. The molecule has 0 N–H and O–H groups in total. The largest absolute Gasteiger partial charge is 0.238 e. The van der Waals surface area contributed by atoms with E-state index in [2.05, 4.69) is 20.5 Å². The number of rotatable bonds is 2. The van der Waals surface area contributed by atoms with Gasteiger partial charge in [0, 0.05) is 18.6 Å². The number of tetrazole rings is 1. The van der Waals surface area contributed by atoms with Crippen LogP contribution in [-0.2, 0) is 7.05 Å².